The third kappa shape index (κ3) is 3.83. The fourth-order valence-electron chi connectivity index (χ4n) is 2.18. The van der Waals surface area contributed by atoms with E-state index in [1.165, 1.54) is 12.8 Å². The van der Waals surface area contributed by atoms with E-state index in [1.807, 2.05) is 6.07 Å². The second-order valence-corrected chi connectivity index (χ2v) is 5.97. The molecule has 0 aromatic carbocycles. The molecule has 0 spiro atoms. The minimum Gasteiger partial charge on any atom is -0.369 e. The Morgan fingerprint density at radius 1 is 1.41 bits per heavy atom. The van der Waals surface area contributed by atoms with Crippen LogP contribution in [0.4, 0.5) is 5.82 Å². The van der Waals surface area contributed by atoms with E-state index in [-0.39, 0.29) is 0 Å². The van der Waals surface area contributed by atoms with Crippen molar-refractivity contribution in [3.63, 3.8) is 0 Å². The maximum absolute atomic E-state index is 6.10. The Morgan fingerprint density at radius 2 is 2.12 bits per heavy atom. The Bertz CT molecular complexity index is 378. The van der Waals surface area contributed by atoms with Gasteiger partial charge in [-0.3, -0.25) is 0 Å². The van der Waals surface area contributed by atoms with Crippen LogP contribution >= 0.6 is 27.5 Å². The van der Waals surface area contributed by atoms with E-state index in [9.17, 15) is 0 Å². The van der Waals surface area contributed by atoms with Crippen LogP contribution in [-0.4, -0.2) is 17.6 Å². The van der Waals surface area contributed by atoms with Gasteiger partial charge in [0.2, 0.25) is 0 Å². The van der Waals surface area contributed by atoms with Crippen molar-refractivity contribution >= 4 is 33.3 Å². The molecule has 1 saturated carbocycles. The van der Waals surface area contributed by atoms with Crippen LogP contribution < -0.4 is 11.1 Å². The quantitative estimate of drug-likeness (QED) is 0.898. The summed E-state index contributed by atoms with van der Waals surface area (Å²) in [4.78, 5) is 4.26. The number of hydrogen-bond donors (Lipinski definition) is 2. The molecule has 0 amide bonds. The van der Waals surface area contributed by atoms with Crippen LogP contribution in [0.2, 0.25) is 5.02 Å². The van der Waals surface area contributed by atoms with Gasteiger partial charge in [-0.1, -0.05) is 11.6 Å². The van der Waals surface area contributed by atoms with Crippen molar-refractivity contribution < 1.29 is 0 Å². The number of hydrogen-bond acceptors (Lipinski definition) is 3. The molecule has 5 heteroatoms. The molecule has 1 heterocycles. The number of rotatable bonds is 3. The third-order valence-corrected chi connectivity index (χ3v) is 3.98. The summed E-state index contributed by atoms with van der Waals surface area (Å²) in [6.07, 6.45) is 6.41. The molecule has 1 aliphatic carbocycles. The highest BCUT2D eigenvalue weighted by Gasteiger charge is 2.18. The Labute approximate surface area is 115 Å². The largest absolute Gasteiger partial charge is 0.369 e. The van der Waals surface area contributed by atoms with E-state index in [1.54, 1.807) is 6.20 Å². The molecule has 0 atom stereocenters. The van der Waals surface area contributed by atoms with E-state index < -0.39 is 0 Å². The Morgan fingerprint density at radius 3 is 2.76 bits per heavy atom. The SMILES string of the molecule is NC1CCC(CNc2ncc(Br)cc2Cl)CC1. The van der Waals surface area contributed by atoms with Crippen molar-refractivity contribution in [2.75, 3.05) is 11.9 Å². The molecule has 1 aromatic heterocycles. The van der Waals surface area contributed by atoms with Crippen LogP contribution in [-0.2, 0) is 0 Å². The van der Waals surface area contributed by atoms with Gasteiger partial charge in [0, 0.05) is 23.3 Å². The number of nitrogens with zero attached hydrogens (tertiary/aromatic N) is 1. The fraction of sp³-hybridized carbons (Fsp3) is 0.583. The minimum atomic E-state index is 0.403. The second kappa shape index (κ2) is 6.03. The highest BCUT2D eigenvalue weighted by Crippen LogP contribution is 2.26. The van der Waals surface area contributed by atoms with Gasteiger partial charge < -0.3 is 11.1 Å². The first-order valence-electron chi connectivity index (χ1n) is 5.95. The fourth-order valence-corrected chi connectivity index (χ4v) is 2.87. The summed E-state index contributed by atoms with van der Waals surface area (Å²) in [6, 6.07) is 2.26. The topological polar surface area (TPSA) is 50.9 Å². The number of pyridine rings is 1. The van der Waals surface area contributed by atoms with Crippen LogP contribution in [0.3, 0.4) is 0 Å². The van der Waals surface area contributed by atoms with Gasteiger partial charge in [0.15, 0.2) is 0 Å². The summed E-state index contributed by atoms with van der Waals surface area (Å²) in [5.41, 5.74) is 5.89. The number of halogens is 2. The van der Waals surface area contributed by atoms with Crippen molar-refractivity contribution in [1.82, 2.24) is 4.98 Å². The first kappa shape index (κ1) is 13.1. The average Bonchev–Trinajstić information content (AvgIpc) is 2.30. The molecule has 1 aliphatic rings. The summed E-state index contributed by atoms with van der Waals surface area (Å²) >= 11 is 9.44. The molecule has 0 saturated heterocycles. The second-order valence-electron chi connectivity index (χ2n) is 4.65. The average molecular weight is 319 g/mol. The monoisotopic (exact) mass is 317 g/mol. The van der Waals surface area contributed by atoms with Gasteiger partial charge in [-0.2, -0.15) is 0 Å². The van der Waals surface area contributed by atoms with Gasteiger partial charge in [-0.15, -0.1) is 0 Å². The van der Waals surface area contributed by atoms with E-state index in [2.05, 4.69) is 26.2 Å². The molecule has 17 heavy (non-hydrogen) atoms. The molecule has 0 aliphatic heterocycles. The van der Waals surface area contributed by atoms with Crippen LogP contribution in [0.15, 0.2) is 16.7 Å². The summed E-state index contributed by atoms with van der Waals surface area (Å²) in [5.74, 6) is 1.46. The maximum Gasteiger partial charge on any atom is 0.144 e. The van der Waals surface area contributed by atoms with Gasteiger partial charge in [-0.25, -0.2) is 4.98 Å². The van der Waals surface area contributed by atoms with Gasteiger partial charge in [-0.05, 0) is 53.6 Å². The van der Waals surface area contributed by atoms with Crippen molar-refractivity contribution in [3.8, 4) is 0 Å². The van der Waals surface area contributed by atoms with Crippen molar-refractivity contribution in [2.24, 2.45) is 11.7 Å². The van der Waals surface area contributed by atoms with Crippen LogP contribution in [0, 0.1) is 5.92 Å². The van der Waals surface area contributed by atoms with Crippen LogP contribution in [0.25, 0.3) is 0 Å². The zero-order valence-electron chi connectivity index (χ0n) is 9.63. The molecule has 2 rings (SSSR count). The highest BCUT2D eigenvalue weighted by atomic mass is 79.9. The Kier molecular flexibility index (Phi) is 4.65. The molecule has 1 fully saturated rings. The first-order chi connectivity index (χ1) is 8.15. The zero-order valence-corrected chi connectivity index (χ0v) is 12.0. The van der Waals surface area contributed by atoms with Crippen LogP contribution in [0.1, 0.15) is 25.7 Å². The summed E-state index contributed by atoms with van der Waals surface area (Å²) in [7, 11) is 0. The first-order valence-corrected chi connectivity index (χ1v) is 7.12. The molecular formula is C12H17BrClN3. The van der Waals surface area contributed by atoms with Gasteiger partial charge >= 0.3 is 0 Å². The number of nitrogens with two attached hydrogens (primary N) is 1. The lowest BCUT2D eigenvalue weighted by molar-refractivity contribution is 0.338. The molecule has 0 radical (unpaired) electrons. The normalized spacial score (nSPS) is 24.6. The predicted octanol–water partition coefficient (Wildman–Crippen LogP) is 3.43. The summed E-state index contributed by atoms with van der Waals surface area (Å²) in [5, 5.41) is 3.98. The summed E-state index contributed by atoms with van der Waals surface area (Å²) in [6.45, 7) is 0.932. The molecular weight excluding hydrogens is 302 g/mol. The van der Waals surface area contributed by atoms with Crippen LogP contribution in [0.5, 0.6) is 0 Å². The lowest BCUT2D eigenvalue weighted by atomic mass is 9.86. The Hall–Kier alpha value is -0.320. The third-order valence-electron chi connectivity index (χ3n) is 3.26. The van der Waals surface area contributed by atoms with Crippen molar-refractivity contribution in [1.29, 1.82) is 0 Å². The van der Waals surface area contributed by atoms with Crippen molar-refractivity contribution in [3.05, 3.63) is 21.8 Å². The van der Waals surface area contributed by atoms with E-state index in [0.717, 1.165) is 29.7 Å². The molecule has 94 valence electrons. The highest BCUT2D eigenvalue weighted by molar-refractivity contribution is 9.10. The lowest BCUT2D eigenvalue weighted by Crippen LogP contribution is -2.29. The molecule has 3 N–H and O–H groups in total. The van der Waals surface area contributed by atoms with E-state index in [4.69, 9.17) is 17.3 Å². The predicted molar refractivity (Wildman–Crippen MR) is 75.4 cm³/mol. The number of anilines is 1. The standard InChI is InChI=1S/C12H17BrClN3/c13-9-5-11(14)12(17-7-9)16-6-8-1-3-10(15)4-2-8/h5,7-8,10H,1-4,6,15H2,(H,16,17). The van der Waals surface area contributed by atoms with Crippen molar-refractivity contribution in [2.45, 2.75) is 31.7 Å². The zero-order chi connectivity index (χ0) is 12.3. The van der Waals surface area contributed by atoms with Gasteiger partial charge in [0.25, 0.3) is 0 Å². The minimum absolute atomic E-state index is 0.403. The van der Waals surface area contributed by atoms with E-state index in [0.29, 0.717) is 17.0 Å². The number of nitrogens with one attached hydrogen (secondary N) is 1. The smallest absolute Gasteiger partial charge is 0.144 e. The molecule has 0 unspecified atom stereocenters. The number of aromatic nitrogens is 1. The van der Waals surface area contributed by atoms with E-state index >= 15 is 0 Å². The molecule has 3 nitrogen and oxygen atoms in total. The maximum atomic E-state index is 6.10. The molecule has 0 bridgehead atoms. The van der Waals surface area contributed by atoms with Gasteiger partial charge in [0.05, 0.1) is 5.02 Å². The van der Waals surface area contributed by atoms with Gasteiger partial charge in [0.1, 0.15) is 5.82 Å². The Balaban J connectivity index is 1.85. The lowest BCUT2D eigenvalue weighted by Gasteiger charge is -2.26. The molecule has 1 aromatic rings. The summed E-state index contributed by atoms with van der Waals surface area (Å²) < 4.78 is 0.900.